The summed E-state index contributed by atoms with van der Waals surface area (Å²) < 4.78 is 46.4. The number of piperazine rings is 1. The maximum absolute atomic E-state index is 13.2. The standard InChI is InChI=1S/C22H21FN4O5S/c1-32-18-6-8-19(9-7-18)33(30,31)26-14-12-25(13-15-26)22(29)20-10-11-21(28)27(24-20)17-4-2-16(23)3-5-17/h2-11H,12-15H2,1H3. The van der Waals surface area contributed by atoms with E-state index in [1.807, 2.05) is 0 Å². The fourth-order valence-electron chi connectivity index (χ4n) is 3.48. The summed E-state index contributed by atoms with van der Waals surface area (Å²) in [5.41, 5.74) is -0.106. The summed E-state index contributed by atoms with van der Waals surface area (Å²) in [7, 11) is -2.20. The van der Waals surface area contributed by atoms with E-state index < -0.39 is 27.3 Å². The first-order valence-corrected chi connectivity index (χ1v) is 11.5. The zero-order valence-corrected chi connectivity index (χ0v) is 18.5. The molecule has 4 rings (SSSR count). The molecule has 2 aromatic carbocycles. The molecule has 0 saturated carbocycles. The molecule has 2 heterocycles. The largest absolute Gasteiger partial charge is 0.497 e. The smallest absolute Gasteiger partial charge is 0.274 e. The van der Waals surface area contributed by atoms with Crippen molar-refractivity contribution in [1.29, 1.82) is 0 Å². The lowest BCUT2D eigenvalue weighted by Crippen LogP contribution is -2.50. The van der Waals surface area contributed by atoms with Gasteiger partial charge in [-0.3, -0.25) is 9.59 Å². The van der Waals surface area contributed by atoms with Crippen molar-refractivity contribution >= 4 is 15.9 Å². The highest BCUT2D eigenvalue weighted by molar-refractivity contribution is 7.89. The van der Waals surface area contributed by atoms with Gasteiger partial charge < -0.3 is 9.64 Å². The molecule has 0 spiro atoms. The quantitative estimate of drug-likeness (QED) is 0.558. The van der Waals surface area contributed by atoms with E-state index in [9.17, 15) is 22.4 Å². The van der Waals surface area contributed by atoms with Crippen LogP contribution in [0.1, 0.15) is 10.5 Å². The van der Waals surface area contributed by atoms with Gasteiger partial charge in [0.15, 0.2) is 0 Å². The average molecular weight is 472 g/mol. The number of benzene rings is 2. The van der Waals surface area contributed by atoms with E-state index in [1.54, 1.807) is 12.1 Å². The van der Waals surface area contributed by atoms with Crippen LogP contribution in [0.5, 0.6) is 5.75 Å². The van der Waals surface area contributed by atoms with Gasteiger partial charge in [-0.15, -0.1) is 0 Å². The summed E-state index contributed by atoms with van der Waals surface area (Å²) in [6.45, 7) is 0.590. The third-order valence-electron chi connectivity index (χ3n) is 5.31. The maximum Gasteiger partial charge on any atom is 0.274 e. The number of amides is 1. The summed E-state index contributed by atoms with van der Waals surface area (Å²) in [4.78, 5) is 26.8. The van der Waals surface area contributed by atoms with E-state index >= 15 is 0 Å². The summed E-state index contributed by atoms with van der Waals surface area (Å²) >= 11 is 0. The molecule has 3 aromatic rings. The molecule has 1 aliphatic rings. The molecular weight excluding hydrogens is 451 g/mol. The Labute approximate surface area is 189 Å². The number of methoxy groups -OCH3 is 1. The van der Waals surface area contributed by atoms with Crippen LogP contribution in [0.15, 0.2) is 70.4 Å². The van der Waals surface area contributed by atoms with E-state index in [-0.39, 0.29) is 36.8 Å². The third kappa shape index (κ3) is 4.64. The Morgan fingerprint density at radius 2 is 1.58 bits per heavy atom. The third-order valence-corrected chi connectivity index (χ3v) is 7.23. The number of sulfonamides is 1. The van der Waals surface area contributed by atoms with Crippen LogP contribution >= 0.6 is 0 Å². The highest BCUT2D eigenvalue weighted by Gasteiger charge is 2.31. The van der Waals surface area contributed by atoms with E-state index in [4.69, 9.17) is 4.74 Å². The lowest BCUT2D eigenvalue weighted by Gasteiger charge is -2.33. The number of carbonyl (C=O) groups is 1. The van der Waals surface area contributed by atoms with Gasteiger partial charge in [0.1, 0.15) is 17.3 Å². The molecule has 0 atom stereocenters. The minimum Gasteiger partial charge on any atom is -0.497 e. The Bertz CT molecular complexity index is 1320. The van der Waals surface area contributed by atoms with Gasteiger partial charge in [-0.25, -0.2) is 12.8 Å². The molecule has 0 bridgehead atoms. The van der Waals surface area contributed by atoms with Gasteiger partial charge in [-0.05, 0) is 54.6 Å². The van der Waals surface area contributed by atoms with Crippen LogP contribution < -0.4 is 10.3 Å². The van der Waals surface area contributed by atoms with Gasteiger partial charge in [-0.1, -0.05) is 0 Å². The van der Waals surface area contributed by atoms with Gasteiger partial charge >= 0.3 is 0 Å². The molecule has 1 aliphatic heterocycles. The number of hydrogen-bond acceptors (Lipinski definition) is 6. The zero-order valence-electron chi connectivity index (χ0n) is 17.7. The van der Waals surface area contributed by atoms with Crippen LogP contribution in [0.25, 0.3) is 5.69 Å². The predicted molar refractivity (Wildman–Crippen MR) is 117 cm³/mol. The second kappa shape index (κ2) is 9.12. The SMILES string of the molecule is COc1ccc(S(=O)(=O)N2CCN(C(=O)c3ccc(=O)n(-c4ccc(F)cc4)n3)CC2)cc1. The molecule has 9 nitrogen and oxygen atoms in total. The molecule has 172 valence electrons. The van der Waals surface area contributed by atoms with Crippen molar-refractivity contribution in [2.75, 3.05) is 33.3 Å². The Hall–Kier alpha value is -3.57. The first kappa shape index (κ1) is 22.6. The molecule has 11 heteroatoms. The van der Waals surface area contributed by atoms with Crippen molar-refractivity contribution < 1.29 is 22.3 Å². The number of nitrogens with zero attached hydrogens (tertiary/aromatic N) is 4. The number of hydrogen-bond donors (Lipinski definition) is 0. The van der Waals surface area contributed by atoms with E-state index in [0.717, 1.165) is 4.68 Å². The Morgan fingerprint density at radius 1 is 0.939 bits per heavy atom. The first-order chi connectivity index (χ1) is 15.8. The number of ether oxygens (including phenoxy) is 1. The predicted octanol–water partition coefficient (Wildman–Crippen LogP) is 1.53. The summed E-state index contributed by atoms with van der Waals surface area (Å²) in [6.07, 6.45) is 0. The van der Waals surface area contributed by atoms with Gasteiger partial charge in [0, 0.05) is 32.2 Å². The highest BCUT2D eigenvalue weighted by atomic mass is 32.2. The minimum absolute atomic E-state index is 0.0328. The van der Waals surface area contributed by atoms with Crippen molar-refractivity contribution in [3.63, 3.8) is 0 Å². The lowest BCUT2D eigenvalue weighted by atomic mass is 10.3. The number of carbonyl (C=O) groups excluding carboxylic acids is 1. The topological polar surface area (TPSA) is 102 Å². The first-order valence-electron chi connectivity index (χ1n) is 10.1. The number of aromatic nitrogens is 2. The van der Waals surface area contributed by atoms with Gasteiger partial charge in [0.25, 0.3) is 11.5 Å². The van der Waals surface area contributed by atoms with Crippen molar-refractivity contribution in [2.24, 2.45) is 0 Å². The molecule has 0 unspecified atom stereocenters. The van der Waals surface area contributed by atoms with Gasteiger partial charge in [0.05, 0.1) is 17.7 Å². The highest BCUT2D eigenvalue weighted by Crippen LogP contribution is 2.21. The van der Waals surface area contributed by atoms with Crippen LogP contribution in [-0.4, -0.2) is 66.6 Å². The van der Waals surface area contributed by atoms with E-state index in [0.29, 0.717) is 11.4 Å². The molecule has 1 amide bonds. The van der Waals surface area contributed by atoms with Crippen LogP contribution in [0.3, 0.4) is 0 Å². The van der Waals surface area contributed by atoms with Crippen LogP contribution in [0.2, 0.25) is 0 Å². The summed E-state index contributed by atoms with van der Waals surface area (Å²) in [5, 5.41) is 4.13. The molecule has 1 aromatic heterocycles. The average Bonchev–Trinajstić information content (AvgIpc) is 2.84. The monoisotopic (exact) mass is 472 g/mol. The van der Waals surface area contributed by atoms with Crippen LogP contribution in [0.4, 0.5) is 4.39 Å². The number of halogens is 1. The van der Waals surface area contributed by atoms with Crippen LogP contribution in [-0.2, 0) is 10.0 Å². The molecule has 1 fully saturated rings. The van der Waals surface area contributed by atoms with Gasteiger partial charge in [0.2, 0.25) is 10.0 Å². The maximum atomic E-state index is 13.2. The zero-order chi connectivity index (χ0) is 23.6. The molecule has 0 N–H and O–H groups in total. The molecule has 1 saturated heterocycles. The van der Waals surface area contributed by atoms with Gasteiger partial charge in [-0.2, -0.15) is 14.1 Å². The molecule has 33 heavy (non-hydrogen) atoms. The van der Waals surface area contributed by atoms with Crippen molar-refractivity contribution in [2.45, 2.75) is 4.90 Å². The van der Waals surface area contributed by atoms with E-state index in [2.05, 4.69) is 5.10 Å². The summed E-state index contributed by atoms with van der Waals surface area (Å²) in [5.74, 6) is -0.326. The lowest BCUT2D eigenvalue weighted by molar-refractivity contribution is 0.0690. The van der Waals surface area contributed by atoms with E-state index in [1.165, 1.54) is 64.8 Å². The van der Waals surface area contributed by atoms with Crippen LogP contribution in [0, 0.1) is 5.82 Å². The Kier molecular flexibility index (Phi) is 6.25. The Morgan fingerprint density at radius 3 is 2.18 bits per heavy atom. The molecular formula is C22H21FN4O5S. The normalized spacial score (nSPS) is 14.8. The molecule has 0 radical (unpaired) electrons. The second-order valence-corrected chi connectivity index (χ2v) is 9.25. The second-order valence-electron chi connectivity index (χ2n) is 7.32. The number of rotatable bonds is 5. The van der Waals surface area contributed by atoms with Crippen molar-refractivity contribution in [3.05, 3.63) is 82.5 Å². The Balaban J connectivity index is 1.48. The van der Waals surface area contributed by atoms with Crippen molar-refractivity contribution in [3.8, 4) is 11.4 Å². The minimum atomic E-state index is -3.70. The fourth-order valence-corrected chi connectivity index (χ4v) is 4.90. The van der Waals surface area contributed by atoms with Crippen molar-refractivity contribution in [1.82, 2.24) is 19.0 Å². The molecule has 0 aliphatic carbocycles. The summed E-state index contributed by atoms with van der Waals surface area (Å²) in [6, 6.07) is 13.8. The fraction of sp³-hybridized carbons (Fsp3) is 0.227.